The molecule has 0 spiro atoms. The zero-order valence-corrected chi connectivity index (χ0v) is 11.2. The summed E-state index contributed by atoms with van der Waals surface area (Å²) in [5.41, 5.74) is 0.0282. The van der Waals surface area contributed by atoms with Crippen molar-refractivity contribution in [3.05, 3.63) is 33.9 Å². The van der Waals surface area contributed by atoms with Crippen LogP contribution in [0.2, 0.25) is 0 Å². The van der Waals surface area contributed by atoms with Gasteiger partial charge in [0, 0.05) is 30.4 Å². The monoisotopic (exact) mass is 269 g/mol. The molecule has 0 aliphatic rings. The molecule has 1 aromatic carbocycles. The average Bonchev–Trinajstić information content (AvgIpc) is 2.34. The molecule has 0 aliphatic carbocycles. The van der Waals surface area contributed by atoms with Gasteiger partial charge in [-0.3, -0.25) is 14.9 Å². The number of rotatable bonds is 7. The highest BCUT2D eigenvalue weighted by Crippen LogP contribution is 2.26. The third-order valence-corrected chi connectivity index (χ3v) is 3.39. The van der Waals surface area contributed by atoms with Crippen molar-refractivity contribution in [3.8, 4) is 0 Å². The Balaban J connectivity index is 2.80. The minimum absolute atomic E-state index is 0.135. The molecule has 1 aromatic rings. The number of ether oxygens (including phenoxy) is 1. The molecule has 1 rings (SSSR count). The summed E-state index contributed by atoms with van der Waals surface area (Å²) in [4.78, 5) is 22.5. The first kappa shape index (κ1) is 14.7. The number of Topliss-reactive ketones (excluding diaryl/α,β-unsaturated/α-hetero) is 1. The molecule has 0 heterocycles. The summed E-state index contributed by atoms with van der Waals surface area (Å²) in [5.74, 6) is 0.559. The topological polar surface area (TPSA) is 69.4 Å². The van der Waals surface area contributed by atoms with Crippen molar-refractivity contribution < 1.29 is 14.5 Å². The van der Waals surface area contributed by atoms with Crippen LogP contribution >= 0.6 is 11.8 Å². The second kappa shape index (κ2) is 7.13. The van der Waals surface area contributed by atoms with Gasteiger partial charge in [-0.15, -0.1) is 11.8 Å². The van der Waals surface area contributed by atoms with Crippen molar-refractivity contribution in [2.75, 3.05) is 19.5 Å². The number of hydrogen-bond donors (Lipinski definition) is 0. The summed E-state index contributed by atoms with van der Waals surface area (Å²) in [5, 5.41) is 10.8. The lowest BCUT2D eigenvalue weighted by Gasteiger charge is -2.04. The third kappa shape index (κ3) is 4.12. The van der Waals surface area contributed by atoms with Crippen LogP contribution in [0.25, 0.3) is 0 Å². The number of ketones is 1. The zero-order chi connectivity index (χ0) is 13.5. The molecular weight excluding hydrogens is 254 g/mol. The van der Waals surface area contributed by atoms with E-state index in [9.17, 15) is 14.9 Å². The Kier molecular flexibility index (Phi) is 5.80. The molecule has 0 saturated carbocycles. The van der Waals surface area contributed by atoms with Crippen LogP contribution in [0, 0.1) is 10.1 Å². The predicted octanol–water partition coefficient (Wildman–Crippen LogP) is 2.93. The molecule has 0 radical (unpaired) electrons. The standard InChI is InChI=1S/C12H15NO4S/c1-9(14)11-8-10(18-7-3-6-17-2)4-5-12(11)13(15)16/h4-5,8H,3,6-7H2,1-2H3. The van der Waals surface area contributed by atoms with E-state index in [2.05, 4.69) is 0 Å². The fourth-order valence-electron chi connectivity index (χ4n) is 1.44. The SMILES string of the molecule is COCCCSc1ccc([N+](=O)[O-])c(C(C)=O)c1. The number of nitro groups is 1. The maximum atomic E-state index is 11.4. The summed E-state index contributed by atoms with van der Waals surface area (Å²) < 4.78 is 4.94. The van der Waals surface area contributed by atoms with Gasteiger partial charge in [0.25, 0.3) is 5.69 Å². The lowest BCUT2D eigenvalue weighted by atomic mass is 10.1. The molecule has 0 aromatic heterocycles. The van der Waals surface area contributed by atoms with Gasteiger partial charge < -0.3 is 4.74 Å². The maximum absolute atomic E-state index is 11.4. The van der Waals surface area contributed by atoms with Crippen LogP contribution in [0.3, 0.4) is 0 Å². The molecule has 18 heavy (non-hydrogen) atoms. The van der Waals surface area contributed by atoms with Crippen LogP contribution in [0.1, 0.15) is 23.7 Å². The molecule has 0 bridgehead atoms. The molecule has 5 nitrogen and oxygen atoms in total. The Bertz CT molecular complexity index is 448. The lowest BCUT2D eigenvalue weighted by molar-refractivity contribution is -0.385. The lowest BCUT2D eigenvalue weighted by Crippen LogP contribution is -2.00. The number of benzene rings is 1. The van der Waals surface area contributed by atoms with Crippen molar-refractivity contribution in [3.63, 3.8) is 0 Å². The van der Waals surface area contributed by atoms with Gasteiger partial charge in [0.1, 0.15) is 0 Å². The quantitative estimate of drug-likeness (QED) is 0.250. The van der Waals surface area contributed by atoms with E-state index in [1.807, 2.05) is 0 Å². The first-order valence-corrected chi connectivity index (χ1v) is 6.46. The van der Waals surface area contributed by atoms with Crippen LogP contribution < -0.4 is 0 Å². The Morgan fingerprint density at radius 3 is 2.78 bits per heavy atom. The zero-order valence-electron chi connectivity index (χ0n) is 10.3. The minimum Gasteiger partial charge on any atom is -0.385 e. The number of carbonyl (C=O) groups excluding carboxylic acids is 1. The Hall–Kier alpha value is -1.40. The van der Waals surface area contributed by atoms with E-state index in [1.54, 1.807) is 31.0 Å². The molecule has 0 saturated heterocycles. The number of carbonyl (C=O) groups is 1. The molecule has 0 N–H and O–H groups in total. The van der Waals surface area contributed by atoms with Crippen molar-refractivity contribution >= 4 is 23.2 Å². The van der Waals surface area contributed by atoms with Gasteiger partial charge in [0.2, 0.25) is 0 Å². The van der Waals surface area contributed by atoms with Crippen molar-refractivity contribution in [2.45, 2.75) is 18.2 Å². The third-order valence-electron chi connectivity index (χ3n) is 2.31. The van der Waals surface area contributed by atoms with E-state index < -0.39 is 4.92 Å². The smallest absolute Gasteiger partial charge is 0.280 e. The van der Waals surface area contributed by atoms with E-state index in [4.69, 9.17) is 4.74 Å². The summed E-state index contributed by atoms with van der Waals surface area (Å²) in [6, 6.07) is 4.63. The van der Waals surface area contributed by atoms with E-state index in [-0.39, 0.29) is 17.0 Å². The fourth-order valence-corrected chi connectivity index (χ4v) is 2.30. The van der Waals surface area contributed by atoms with Gasteiger partial charge in [-0.05, 0) is 25.5 Å². The van der Waals surface area contributed by atoms with Gasteiger partial charge >= 0.3 is 0 Å². The second-order valence-electron chi connectivity index (χ2n) is 3.69. The van der Waals surface area contributed by atoms with Crippen LogP contribution in [0.15, 0.2) is 23.1 Å². The second-order valence-corrected chi connectivity index (χ2v) is 4.86. The molecule has 0 fully saturated rings. The van der Waals surface area contributed by atoms with Gasteiger partial charge in [-0.2, -0.15) is 0 Å². The van der Waals surface area contributed by atoms with Gasteiger partial charge in [0.05, 0.1) is 10.5 Å². The normalized spacial score (nSPS) is 10.3. The Labute approximate surface area is 110 Å². The number of methoxy groups -OCH3 is 1. The van der Waals surface area contributed by atoms with E-state index in [0.29, 0.717) is 6.61 Å². The molecule has 98 valence electrons. The van der Waals surface area contributed by atoms with Crippen molar-refractivity contribution in [1.82, 2.24) is 0 Å². The van der Waals surface area contributed by atoms with Gasteiger partial charge in [0.15, 0.2) is 5.78 Å². The van der Waals surface area contributed by atoms with Gasteiger partial charge in [-0.25, -0.2) is 0 Å². The number of nitrogens with zero attached hydrogens (tertiary/aromatic N) is 1. The Morgan fingerprint density at radius 1 is 1.50 bits per heavy atom. The van der Waals surface area contributed by atoms with Crippen LogP contribution in [-0.4, -0.2) is 30.2 Å². The van der Waals surface area contributed by atoms with E-state index in [1.165, 1.54) is 13.0 Å². The van der Waals surface area contributed by atoms with Gasteiger partial charge in [-0.1, -0.05) is 0 Å². The van der Waals surface area contributed by atoms with E-state index >= 15 is 0 Å². The minimum atomic E-state index is -0.532. The summed E-state index contributed by atoms with van der Waals surface area (Å²) in [6.07, 6.45) is 0.896. The highest BCUT2D eigenvalue weighted by molar-refractivity contribution is 7.99. The number of thioether (sulfide) groups is 1. The summed E-state index contributed by atoms with van der Waals surface area (Å²) in [6.45, 7) is 2.02. The van der Waals surface area contributed by atoms with Crippen molar-refractivity contribution in [2.24, 2.45) is 0 Å². The molecule has 0 amide bonds. The average molecular weight is 269 g/mol. The summed E-state index contributed by atoms with van der Waals surface area (Å²) in [7, 11) is 1.64. The highest BCUT2D eigenvalue weighted by atomic mass is 32.2. The van der Waals surface area contributed by atoms with Crippen LogP contribution in [-0.2, 0) is 4.74 Å². The largest absolute Gasteiger partial charge is 0.385 e. The molecule has 6 heteroatoms. The van der Waals surface area contributed by atoms with Crippen LogP contribution in [0.4, 0.5) is 5.69 Å². The van der Waals surface area contributed by atoms with Crippen molar-refractivity contribution in [1.29, 1.82) is 0 Å². The first-order chi connectivity index (χ1) is 8.56. The number of hydrogen-bond acceptors (Lipinski definition) is 5. The highest BCUT2D eigenvalue weighted by Gasteiger charge is 2.17. The molecular formula is C12H15NO4S. The van der Waals surface area contributed by atoms with E-state index in [0.717, 1.165) is 17.1 Å². The first-order valence-electron chi connectivity index (χ1n) is 5.47. The molecule has 0 atom stereocenters. The predicted molar refractivity (Wildman–Crippen MR) is 70.3 cm³/mol. The molecule has 0 aliphatic heterocycles. The Morgan fingerprint density at radius 2 is 2.22 bits per heavy atom. The van der Waals surface area contributed by atoms with Crippen LogP contribution in [0.5, 0.6) is 0 Å². The number of nitro benzene ring substituents is 1. The summed E-state index contributed by atoms with van der Waals surface area (Å²) >= 11 is 1.56. The fraction of sp³-hybridized carbons (Fsp3) is 0.417. The molecule has 0 unspecified atom stereocenters. The maximum Gasteiger partial charge on any atom is 0.280 e.